The summed E-state index contributed by atoms with van der Waals surface area (Å²) in [4.78, 5) is 11.4. The van der Waals surface area contributed by atoms with E-state index in [0.717, 1.165) is 20.5 Å². The van der Waals surface area contributed by atoms with Crippen molar-refractivity contribution >= 4 is 27.1 Å². The number of fused-ring (bicyclic) bond motifs is 1. The minimum absolute atomic E-state index is 0.293. The highest BCUT2D eigenvalue weighted by atomic mass is 32.1. The van der Waals surface area contributed by atoms with Gasteiger partial charge in [0.2, 0.25) is 0 Å². The predicted octanol–water partition coefficient (Wildman–Crippen LogP) is 4.67. The number of thiophene rings is 1. The van der Waals surface area contributed by atoms with E-state index < -0.39 is 0 Å². The Labute approximate surface area is 107 Å². The molecule has 2 aromatic carbocycles. The van der Waals surface area contributed by atoms with E-state index >= 15 is 0 Å². The van der Waals surface area contributed by atoms with Gasteiger partial charge in [-0.05, 0) is 41.1 Å². The number of phenols is 1. The molecule has 3 rings (SSSR count). The zero-order valence-electron chi connectivity index (χ0n) is 9.33. The first kappa shape index (κ1) is 10.9. The molecule has 0 unspecified atom stereocenters. The van der Waals surface area contributed by atoms with Crippen LogP contribution >= 0.6 is 11.3 Å². The van der Waals surface area contributed by atoms with Crippen molar-refractivity contribution in [1.82, 2.24) is 0 Å². The van der Waals surface area contributed by atoms with Crippen LogP contribution in [0.3, 0.4) is 0 Å². The average molecular weight is 255 g/mol. The van der Waals surface area contributed by atoms with E-state index in [1.165, 1.54) is 0 Å². The topological polar surface area (TPSA) is 49.7 Å². The van der Waals surface area contributed by atoms with Gasteiger partial charge in [-0.2, -0.15) is 0 Å². The van der Waals surface area contributed by atoms with Gasteiger partial charge in [-0.25, -0.2) is 0 Å². The highest BCUT2D eigenvalue weighted by molar-refractivity contribution is 7.22. The van der Waals surface area contributed by atoms with Crippen LogP contribution in [0.4, 0.5) is 5.69 Å². The van der Waals surface area contributed by atoms with Crippen LogP contribution in [0.1, 0.15) is 0 Å². The van der Waals surface area contributed by atoms with Gasteiger partial charge in [0.25, 0.3) is 0 Å². The van der Waals surface area contributed by atoms with Crippen molar-refractivity contribution in [2.45, 2.75) is 0 Å². The van der Waals surface area contributed by atoms with Crippen molar-refractivity contribution in [3.63, 3.8) is 0 Å². The molecule has 0 bridgehead atoms. The molecule has 0 radical (unpaired) electrons. The van der Waals surface area contributed by atoms with E-state index in [4.69, 9.17) is 0 Å². The number of hydrogen-bond acceptors (Lipinski definition) is 4. The summed E-state index contributed by atoms with van der Waals surface area (Å²) in [5.41, 5.74) is 1.44. The van der Waals surface area contributed by atoms with Crippen LogP contribution < -0.4 is 0 Å². The zero-order chi connectivity index (χ0) is 12.5. The fourth-order valence-corrected chi connectivity index (χ4v) is 2.96. The van der Waals surface area contributed by atoms with Gasteiger partial charge in [0, 0.05) is 15.0 Å². The Morgan fingerprint density at radius 1 is 1.06 bits per heavy atom. The van der Waals surface area contributed by atoms with Crippen molar-refractivity contribution in [1.29, 1.82) is 0 Å². The molecule has 3 nitrogen and oxygen atoms in total. The highest BCUT2D eigenvalue weighted by Crippen LogP contribution is 2.37. The second kappa shape index (κ2) is 4.23. The molecule has 18 heavy (non-hydrogen) atoms. The lowest BCUT2D eigenvalue weighted by Gasteiger charge is -1.95. The summed E-state index contributed by atoms with van der Waals surface area (Å²) < 4.78 is 1.04. The number of nitrogens with zero attached hydrogens (tertiary/aromatic N) is 1. The molecule has 1 aromatic heterocycles. The van der Waals surface area contributed by atoms with Gasteiger partial charge in [0.1, 0.15) is 11.4 Å². The maximum absolute atomic E-state index is 10.4. The number of phenolic OH excluding ortho intramolecular Hbond substituents is 1. The van der Waals surface area contributed by atoms with Gasteiger partial charge < -0.3 is 5.11 Å². The lowest BCUT2D eigenvalue weighted by molar-refractivity contribution is 0.482. The van der Waals surface area contributed by atoms with Crippen molar-refractivity contribution in [2.24, 2.45) is 5.18 Å². The molecule has 88 valence electrons. The van der Waals surface area contributed by atoms with Crippen LogP contribution in [0.5, 0.6) is 5.75 Å². The SMILES string of the molecule is O=Nc1ccc(-c2cc3c(O)cccc3s2)cc1. The monoisotopic (exact) mass is 255 g/mol. The van der Waals surface area contributed by atoms with Crippen LogP contribution in [0.2, 0.25) is 0 Å². The molecular formula is C14H9NO2S. The van der Waals surface area contributed by atoms with Gasteiger partial charge in [-0.3, -0.25) is 0 Å². The molecule has 0 fully saturated rings. The summed E-state index contributed by atoms with van der Waals surface area (Å²) in [6.45, 7) is 0. The van der Waals surface area contributed by atoms with Gasteiger partial charge >= 0.3 is 0 Å². The standard InChI is InChI=1S/C14H9NO2S/c16-12-2-1-3-13-11(12)8-14(18-13)9-4-6-10(15-17)7-5-9/h1-8,16H. The summed E-state index contributed by atoms with van der Waals surface area (Å²) in [5, 5.41) is 13.5. The third kappa shape index (κ3) is 1.76. The average Bonchev–Trinajstić information content (AvgIpc) is 2.84. The molecule has 0 aliphatic carbocycles. The van der Waals surface area contributed by atoms with E-state index in [1.54, 1.807) is 29.5 Å². The third-order valence-electron chi connectivity index (χ3n) is 2.80. The van der Waals surface area contributed by atoms with Crippen molar-refractivity contribution in [2.75, 3.05) is 0 Å². The fourth-order valence-electron chi connectivity index (χ4n) is 1.87. The molecule has 1 N–H and O–H groups in total. The molecule has 0 saturated heterocycles. The third-order valence-corrected chi connectivity index (χ3v) is 3.95. The minimum Gasteiger partial charge on any atom is -0.507 e. The summed E-state index contributed by atoms with van der Waals surface area (Å²) in [6.07, 6.45) is 0. The molecule has 0 saturated carbocycles. The summed E-state index contributed by atoms with van der Waals surface area (Å²) >= 11 is 1.61. The van der Waals surface area contributed by atoms with Crippen LogP contribution in [-0.2, 0) is 0 Å². The first-order chi connectivity index (χ1) is 8.78. The number of aromatic hydroxyl groups is 1. The van der Waals surface area contributed by atoms with E-state index in [1.807, 2.05) is 30.3 Å². The molecule has 0 spiro atoms. The summed E-state index contributed by atoms with van der Waals surface area (Å²) in [6, 6.07) is 14.5. The van der Waals surface area contributed by atoms with Gasteiger partial charge in [-0.15, -0.1) is 16.2 Å². The molecule has 0 amide bonds. The normalized spacial score (nSPS) is 10.7. The summed E-state index contributed by atoms with van der Waals surface area (Å²) in [5.74, 6) is 0.293. The van der Waals surface area contributed by atoms with E-state index in [0.29, 0.717) is 11.4 Å². The largest absolute Gasteiger partial charge is 0.507 e. The molecule has 0 aliphatic rings. The number of nitroso groups, excluding NO2 is 1. The molecule has 0 atom stereocenters. The smallest absolute Gasteiger partial charge is 0.124 e. The Bertz CT molecular complexity index is 716. The Balaban J connectivity index is 2.13. The molecule has 3 aromatic rings. The Morgan fingerprint density at radius 3 is 2.50 bits per heavy atom. The molecule has 1 heterocycles. The lowest BCUT2D eigenvalue weighted by atomic mass is 10.1. The second-order valence-corrected chi connectivity index (χ2v) is 5.02. The zero-order valence-corrected chi connectivity index (χ0v) is 10.1. The fraction of sp³-hybridized carbons (Fsp3) is 0. The summed E-state index contributed by atoms with van der Waals surface area (Å²) in [7, 11) is 0. The molecule has 4 heteroatoms. The maximum atomic E-state index is 10.4. The Morgan fingerprint density at radius 2 is 1.83 bits per heavy atom. The quantitative estimate of drug-likeness (QED) is 0.676. The van der Waals surface area contributed by atoms with E-state index in [2.05, 4.69) is 5.18 Å². The van der Waals surface area contributed by atoms with Gasteiger partial charge in [0.15, 0.2) is 0 Å². The van der Waals surface area contributed by atoms with E-state index in [-0.39, 0.29) is 0 Å². The first-order valence-corrected chi connectivity index (χ1v) is 6.25. The minimum atomic E-state index is 0.293. The van der Waals surface area contributed by atoms with Crippen LogP contribution in [0, 0.1) is 4.91 Å². The molecular weight excluding hydrogens is 246 g/mol. The lowest BCUT2D eigenvalue weighted by Crippen LogP contribution is -1.70. The number of hydrogen-bond donors (Lipinski definition) is 1. The second-order valence-electron chi connectivity index (χ2n) is 3.94. The van der Waals surface area contributed by atoms with Crippen LogP contribution in [0.15, 0.2) is 53.7 Å². The number of benzene rings is 2. The van der Waals surface area contributed by atoms with Crippen LogP contribution in [-0.4, -0.2) is 5.11 Å². The Kier molecular flexibility index (Phi) is 2.57. The number of rotatable bonds is 2. The van der Waals surface area contributed by atoms with Crippen molar-refractivity contribution in [3.05, 3.63) is 53.4 Å². The predicted molar refractivity (Wildman–Crippen MR) is 74.4 cm³/mol. The van der Waals surface area contributed by atoms with Crippen molar-refractivity contribution in [3.8, 4) is 16.2 Å². The first-order valence-electron chi connectivity index (χ1n) is 5.43. The van der Waals surface area contributed by atoms with Gasteiger partial charge in [-0.1, -0.05) is 18.2 Å². The Hall–Kier alpha value is -2.20. The maximum Gasteiger partial charge on any atom is 0.124 e. The highest BCUT2D eigenvalue weighted by Gasteiger charge is 2.07. The molecule has 0 aliphatic heterocycles. The van der Waals surface area contributed by atoms with Gasteiger partial charge in [0.05, 0.1) is 0 Å². The van der Waals surface area contributed by atoms with Crippen molar-refractivity contribution < 1.29 is 5.11 Å². The van der Waals surface area contributed by atoms with E-state index in [9.17, 15) is 10.0 Å². The van der Waals surface area contributed by atoms with Crippen LogP contribution in [0.25, 0.3) is 20.5 Å².